The van der Waals surface area contributed by atoms with Gasteiger partial charge >= 0.3 is 0 Å². The predicted octanol–water partition coefficient (Wildman–Crippen LogP) is 3.23. The Morgan fingerprint density at radius 3 is 2.47 bits per heavy atom. The molecule has 0 spiro atoms. The average molecular weight is 268 g/mol. The zero-order valence-electron chi connectivity index (χ0n) is 13.1. The van der Waals surface area contributed by atoms with E-state index in [2.05, 4.69) is 26.1 Å². The molecular formula is C16H32N2O. The Morgan fingerprint density at radius 1 is 1.32 bits per heavy atom. The number of carbonyl (C=O) groups excluding carboxylic acids is 1. The van der Waals surface area contributed by atoms with Crippen LogP contribution in [-0.4, -0.2) is 19.0 Å². The third-order valence-corrected chi connectivity index (χ3v) is 4.60. The molecule has 3 nitrogen and oxygen atoms in total. The van der Waals surface area contributed by atoms with Crippen molar-refractivity contribution in [3.63, 3.8) is 0 Å². The van der Waals surface area contributed by atoms with Crippen molar-refractivity contribution in [3.8, 4) is 0 Å². The van der Waals surface area contributed by atoms with Crippen molar-refractivity contribution in [2.75, 3.05) is 13.1 Å². The molecule has 1 saturated carbocycles. The molecule has 0 aromatic heterocycles. The second-order valence-corrected chi connectivity index (χ2v) is 7.13. The first kappa shape index (κ1) is 16.5. The van der Waals surface area contributed by atoms with Crippen LogP contribution in [0, 0.1) is 10.8 Å². The van der Waals surface area contributed by atoms with E-state index in [1.165, 1.54) is 32.1 Å². The molecule has 0 radical (unpaired) electrons. The summed E-state index contributed by atoms with van der Waals surface area (Å²) in [5.74, 6) is 0.189. The molecule has 3 N–H and O–H groups in total. The molecule has 0 bridgehead atoms. The molecule has 1 fully saturated rings. The first-order valence-corrected chi connectivity index (χ1v) is 7.90. The van der Waals surface area contributed by atoms with Gasteiger partial charge in [-0.1, -0.05) is 46.5 Å². The number of amides is 1. The molecule has 0 aromatic carbocycles. The Balaban J connectivity index is 2.25. The van der Waals surface area contributed by atoms with Crippen LogP contribution >= 0.6 is 0 Å². The Bertz CT molecular complexity index is 277. The van der Waals surface area contributed by atoms with E-state index < -0.39 is 0 Å². The highest BCUT2D eigenvalue weighted by Gasteiger charge is 2.37. The summed E-state index contributed by atoms with van der Waals surface area (Å²) in [5.41, 5.74) is 6.13. The van der Waals surface area contributed by atoms with Crippen molar-refractivity contribution in [3.05, 3.63) is 0 Å². The topological polar surface area (TPSA) is 55.1 Å². The lowest BCUT2D eigenvalue weighted by molar-refractivity contribution is -0.125. The molecule has 0 heterocycles. The normalized spacial score (nSPS) is 17.9. The summed E-state index contributed by atoms with van der Waals surface area (Å²) in [6, 6.07) is 0. The Morgan fingerprint density at radius 2 is 2.00 bits per heavy atom. The van der Waals surface area contributed by atoms with Gasteiger partial charge in [0, 0.05) is 13.0 Å². The highest BCUT2D eigenvalue weighted by molar-refractivity contribution is 5.76. The monoisotopic (exact) mass is 268 g/mol. The zero-order valence-corrected chi connectivity index (χ0v) is 13.1. The van der Waals surface area contributed by atoms with Gasteiger partial charge in [-0.2, -0.15) is 0 Å². The smallest absolute Gasteiger partial charge is 0.220 e. The van der Waals surface area contributed by atoms with Gasteiger partial charge in [0.05, 0.1) is 0 Å². The molecule has 1 amide bonds. The maximum absolute atomic E-state index is 12.0. The quantitative estimate of drug-likeness (QED) is 0.631. The zero-order chi connectivity index (χ0) is 14.4. The van der Waals surface area contributed by atoms with Gasteiger partial charge in [0.2, 0.25) is 5.91 Å². The van der Waals surface area contributed by atoms with Crippen molar-refractivity contribution < 1.29 is 4.79 Å². The number of hydrogen-bond acceptors (Lipinski definition) is 2. The van der Waals surface area contributed by atoms with E-state index in [0.717, 1.165) is 19.4 Å². The van der Waals surface area contributed by atoms with Crippen molar-refractivity contribution >= 4 is 5.91 Å². The fourth-order valence-electron chi connectivity index (χ4n) is 2.81. The number of nitrogens with two attached hydrogens (primary N) is 1. The minimum atomic E-state index is 0.121. The van der Waals surface area contributed by atoms with Crippen LogP contribution in [0.25, 0.3) is 0 Å². The lowest BCUT2D eigenvalue weighted by Crippen LogP contribution is -2.43. The molecule has 1 rings (SSSR count). The Labute approximate surface area is 118 Å². The predicted molar refractivity (Wildman–Crippen MR) is 80.9 cm³/mol. The van der Waals surface area contributed by atoms with Gasteiger partial charge in [-0.15, -0.1) is 0 Å². The summed E-state index contributed by atoms with van der Waals surface area (Å²) < 4.78 is 0. The Hall–Kier alpha value is -0.570. The van der Waals surface area contributed by atoms with E-state index in [1.54, 1.807) is 0 Å². The van der Waals surface area contributed by atoms with Crippen LogP contribution < -0.4 is 11.1 Å². The first-order valence-electron chi connectivity index (χ1n) is 7.90. The summed E-state index contributed by atoms with van der Waals surface area (Å²) >= 11 is 0. The number of rotatable bonds is 9. The molecule has 3 heteroatoms. The van der Waals surface area contributed by atoms with Gasteiger partial charge in [-0.3, -0.25) is 4.79 Å². The van der Waals surface area contributed by atoms with Gasteiger partial charge < -0.3 is 11.1 Å². The second kappa shape index (κ2) is 7.28. The van der Waals surface area contributed by atoms with Crippen LogP contribution in [0.15, 0.2) is 0 Å². The molecule has 0 aliphatic heterocycles. The fraction of sp³-hybridized carbons (Fsp3) is 0.938. The van der Waals surface area contributed by atoms with Crippen LogP contribution in [-0.2, 0) is 4.79 Å². The van der Waals surface area contributed by atoms with Crippen molar-refractivity contribution in [1.29, 1.82) is 0 Å². The molecule has 112 valence electrons. The van der Waals surface area contributed by atoms with Crippen LogP contribution in [0.3, 0.4) is 0 Å². The summed E-state index contributed by atoms with van der Waals surface area (Å²) in [5, 5.41) is 3.11. The third-order valence-electron chi connectivity index (χ3n) is 4.60. The maximum atomic E-state index is 12.0. The average Bonchev–Trinajstić information content (AvgIpc) is 2.32. The molecule has 0 unspecified atom stereocenters. The summed E-state index contributed by atoms with van der Waals surface area (Å²) in [6.07, 6.45) is 9.07. The van der Waals surface area contributed by atoms with Crippen molar-refractivity contribution in [2.45, 2.75) is 72.1 Å². The van der Waals surface area contributed by atoms with Crippen molar-refractivity contribution in [1.82, 2.24) is 5.32 Å². The highest BCUT2D eigenvalue weighted by atomic mass is 16.1. The van der Waals surface area contributed by atoms with E-state index in [9.17, 15) is 4.79 Å². The summed E-state index contributed by atoms with van der Waals surface area (Å²) in [6.45, 7) is 8.14. The van der Waals surface area contributed by atoms with E-state index in [0.29, 0.717) is 13.0 Å². The molecule has 1 aliphatic rings. The van der Waals surface area contributed by atoms with Gasteiger partial charge in [-0.05, 0) is 36.6 Å². The summed E-state index contributed by atoms with van der Waals surface area (Å²) in [4.78, 5) is 12.0. The standard InChI is InChI=1S/C16H32N2O/c1-4-5-6-8-15(2,3)13-18-14(19)11-16(12-17)9-7-10-16/h4-13,17H2,1-3H3,(H,18,19). The van der Waals surface area contributed by atoms with Crippen molar-refractivity contribution in [2.24, 2.45) is 16.6 Å². The SMILES string of the molecule is CCCCCC(C)(C)CNC(=O)CC1(CN)CCC1. The Kier molecular flexibility index (Phi) is 6.31. The minimum absolute atomic E-state index is 0.121. The molecule has 0 atom stereocenters. The van der Waals surface area contributed by atoms with Gasteiger partial charge in [-0.25, -0.2) is 0 Å². The van der Waals surface area contributed by atoms with Gasteiger partial charge in [0.1, 0.15) is 0 Å². The highest BCUT2D eigenvalue weighted by Crippen LogP contribution is 2.42. The first-order chi connectivity index (χ1) is 8.93. The molecule has 0 saturated heterocycles. The minimum Gasteiger partial charge on any atom is -0.356 e. The molecular weight excluding hydrogens is 236 g/mol. The number of unbranched alkanes of at least 4 members (excludes halogenated alkanes) is 2. The molecule has 0 aromatic rings. The van der Waals surface area contributed by atoms with E-state index in [4.69, 9.17) is 5.73 Å². The van der Waals surface area contributed by atoms with E-state index in [1.807, 2.05) is 0 Å². The fourth-order valence-corrected chi connectivity index (χ4v) is 2.81. The van der Waals surface area contributed by atoms with Crippen LogP contribution in [0.5, 0.6) is 0 Å². The summed E-state index contributed by atoms with van der Waals surface area (Å²) in [7, 11) is 0. The van der Waals surface area contributed by atoms with Gasteiger partial charge in [0.25, 0.3) is 0 Å². The van der Waals surface area contributed by atoms with Gasteiger partial charge in [0.15, 0.2) is 0 Å². The lowest BCUT2D eigenvalue weighted by atomic mass is 9.66. The van der Waals surface area contributed by atoms with Crippen LogP contribution in [0.1, 0.15) is 72.1 Å². The van der Waals surface area contributed by atoms with Crippen LogP contribution in [0.2, 0.25) is 0 Å². The number of carbonyl (C=O) groups is 1. The largest absolute Gasteiger partial charge is 0.356 e. The maximum Gasteiger partial charge on any atom is 0.220 e. The third kappa shape index (κ3) is 5.52. The van der Waals surface area contributed by atoms with E-state index >= 15 is 0 Å². The van der Waals surface area contributed by atoms with Crippen LogP contribution in [0.4, 0.5) is 0 Å². The molecule has 19 heavy (non-hydrogen) atoms. The number of hydrogen-bond donors (Lipinski definition) is 2. The van der Waals surface area contributed by atoms with E-state index in [-0.39, 0.29) is 16.7 Å². The number of nitrogens with one attached hydrogen (secondary N) is 1. The molecule has 1 aliphatic carbocycles. The lowest BCUT2D eigenvalue weighted by Gasteiger charge is -2.40. The second-order valence-electron chi connectivity index (χ2n) is 7.13.